The van der Waals surface area contributed by atoms with E-state index in [1.54, 1.807) is 0 Å². The Labute approximate surface area is 120 Å². The molecule has 0 unspecified atom stereocenters. The Morgan fingerprint density at radius 2 is 1.86 bits per heavy atom. The first-order valence-corrected chi connectivity index (χ1v) is 6.51. The zero-order valence-corrected chi connectivity index (χ0v) is 11.7. The number of aliphatic imine (C=N–C) groups is 1. The summed E-state index contributed by atoms with van der Waals surface area (Å²) < 4.78 is 20.5. The summed E-state index contributed by atoms with van der Waals surface area (Å²) in [4.78, 5) is 4.42. The van der Waals surface area contributed by atoms with Crippen molar-refractivity contribution in [2.24, 2.45) is 4.99 Å². The van der Waals surface area contributed by atoms with Crippen LogP contribution in [0.1, 0.15) is 13.8 Å². The van der Waals surface area contributed by atoms with Crippen LogP contribution in [-0.4, -0.2) is 26.1 Å². The minimum atomic E-state index is -0.728. The normalized spacial score (nSPS) is 16.0. The Balaban J connectivity index is 2.03. The fraction of sp³-hybridized carbons (Fsp3) is 0.267. The number of ether oxygens (including phenoxy) is 1. The smallest absolute Gasteiger partial charge is 0.194 e. The van der Waals surface area contributed by atoms with Crippen LogP contribution in [0.3, 0.4) is 0 Å². The van der Waals surface area contributed by atoms with Crippen LogP contribution in [0.4, 0.5) is 10.1 Å². The molecule has 1 aliphatic rings. The summed E-state index contributed by atoms with van der Waals surface area (Å²) in [5.41, 5.74) is 0.242. The van der Waals surface area contributed by atoms with Crippen LogP contribution >= 0.6 is 0 Å². The molecule has 0 saturated carbocycles. The predicted molar refractivity (Wildman–Crippen MR) is 76.0 cm³/mol. The number of hydrogen-bond donors (Lipinski definition) is 2. The summed E-state index contributed by atoms with van der Waals surface area (Å²) in [6, 6.07) is 6.93. The van der Waals surface area contributed by atoms with Gasteiger partial charge in [0.1, 0.15) is 22.9 Å². The Bertz CT molecular complexity index is 715. The van der Waals surface area contributed by atoms with Crippen LogP contribution < -0.4 is 4.74 Å². The molecular formula is C15H15FN2O3. The van der Waals surface area contributed by atoms with Gasteiger partial charge in [-0.05, 0) is 26.0 Å². The summed E-state index contributed by atoms with van der Waals surface area (Å²) in [5, 5.41) is 19.4. The second kappa shape index (κ2) is 4.51. The van der Waals surface area contributed by atoms with Gasteiger partial charge in [0.25, 0.3) is 0 Å². The molecule has 3 rings (SSSR count). The minimum absolute atomic E-state index is 0.0731. The van der Waals surface area contributed by atoms with Crippen molar-refractivity contribution >= 4 is 11.4 Å². The third-order valence-corrected chi connectivity index (χ3v) is 3.48. The third-order valence-electron chi connectivity index (χ3n) is 3.48. The second-order valence-corrected chi connectivity index (χ2v) is 5.42. The monoisotopic (exact) mass is 290 g/mol. The lowest BCUT2D eigenvalue weighted by molar-refractivity contribution is 0.174. The summed E-state index contributed by atoms with van der Waals surface area (Å²) in [7, 11) is 0. The van der Waals surface area contributed by atoms with Crippen molar-refractivity contribution in [2.75, 3.05) is 0 Å². The summed E-state index contributed by atoms with van der Waals surface area (Å²) >= 11 is 0. The van der Waals surface area contributed by atoms with Crippen LogP contribution in [0.2, 0.25) is 0 Å². The van der Waals surface area contributed by atoms with Crippen molar-refractivity contribution in [3.8, 4) is 17.5 Å². The average Bonchev–Trinajstić information content (AvgIpc) is 2.71. The molecule has 2 aromatic rings. The maximum absolute atomic E-state index is 13.3. The zero-order valence-electron chi connectivity index (χ0n) is 11.7. The first-order valence-electron chi connectivity index (χ1n) is 6.51. The highest BCUT2D eigenvalue weighted by atomic mass is 19.1. The van der Waals surface area contributed by atoms with E-state index in [4.69, 9.17) is 4.74 Å². The SMILES string of the molecule is CC1(C)Oc2ccc(F)cc2N=C1Cn1c(O)ccc1O. The van der Waals surface area contributed by atoms with Gasteiger partial charge in [-0.3, -0.25) is 4.57 Å². The van der Waals surface area contributed by atoms with E-state index in [-0.39, 0.29) is 18.3 Å². The molecule has 0 bridgehead atoms. The molecule has 0 fully saturated rings. The largest absolute Gasteiger partial charge is 0.494 e. The summed E-state index contributed by atoms with van der Waals surface area (Å²) in [6.45, 7) is 3.80. The van der Waals surface area contributed by atoms with E-state index >= 15 is 0 Å². The minimum Gasteiger partial charge on any atom is -0.494 e. The first-order chi connectivity index (χ1) is 9.87. The van der Waals surface area contributed by atoms with Gasteiger partial charge in [-0.2, -0.15) is 0 Å². The molecule has 2 heterocycles. The molecule has 2 N–H and O–H groups in total. The standard InChI is InChI=1S/C15H15FN2O3/c1-15(2)12(8-18-13(19)5-6-14(18)20)17-10-7-9(16)3-4-11(10)21-15/h3-7,19-20H,8H2,1-2H3. The average molecular weight is 290 g/mol. The number of benzene rings is 1. The number of aromatic nitrogens is 1. The van der Waals surface area contributed by atoms with Gasteiger partial charge in [0, 0.05) is 18.2 Å². The Morgan fingerprint density at radius 3 is 2.52 bits per heavy atom. The Kier molecular flexibility index (Phi) is 2.90. The molecule has 0 spiro atoms. The molecular weight excluding hydrogens is 275 g/mol. The van der Waals surface area contributed by atoms with Crippen LogP contribution in [0.25, 0.3) is 0 Å². The molecule has 5 nitrogen and oxygen atoms in total. The van der Waals surface area contributed by atoms with Crippen molar-refractivity contribution in [1.82, 2.24) is 4.57 Å². The predicted octanol–water partition coefficient (Wildman–Crippen LogP) is 2.98. The maximum Gasteiger partial charge on any atom is 0.194 e. The molecule has 1 aliphatic heterocycles. The Hall–Kier alpha value is -2.50. The molecule has 110 valence electrons. The van der Waals surface area contributed by atoms with Crippen molar-refractivity contribution < 1.29 is 19.3 Å². The van der Waals surface area contributed by atoms with Crippen LogP contribution in [0.15, 0.2) is 35.3 Å². The molecule has 0 aliphatic carbocycles. The van der Waals surface area contributed by atoms with Crippen LogP contribution in [0, 0.1) is 5.82 Å². The van der Waals surface area contributed by atoms with E-state index in [1.165, 1.54) is 34.9 Å². The van der Waals surface area contributed by atoms with Gasteiger partial charge in [-0.15, -0.1) is 0 Å². The van der Waals surface area contributed by atoms with Crippen molar-refractivity contribution in [1.29, 1.82) is 0 Å². The molecule has 0 radical (unpaired) electrons. The molecule has 21 heavy (non-hydrogen) atoms. The van der Waals surface area contributed by atoms with E-state index in [0.717, 1.165) is 0 Å². The maximum atomic E-state index is 13.3. The van der Waals surface area contributed by atoms with Crippen molar-refractivity contribution in [3.63, 3.8) is 0 Å². The third kappa shape index (κ3) is 2.33. The number of halogens is 1. The summed E-state index contributed by atoms with van der Waals surface area (Å²) in [6.07, 6.45) is 0. The number of fused-ring (bicyclic) bond motifs is 1. The lowest BCUT2D eigenvalue weighted by Crippen LogP contribution is -2.42. The fourth-order valence-corrected chi connectivity index (χ4v) is 2.26. The van der Waals surface area contributed by atoms with Gasteiger partial charge in [0.15, 0.2) is 11.8 Å². The molecule has 0 atom stereocenters. The van der Waals surface area contributed by atoms with Crippen molar-refractivity contribution in [2.45, 2.75) is 26.0 Å². The molecule has 0 amide bonds. The van der Waals surface area contributed by atoms with Gasteiger partial charge in [0.2, 0.25) is 0 Å². The van der Waals surface area contributed by atoms with Gasteiger partial charge in [-0.1, -0.05) is 0 Å². The van der Waals surface area contributed by atoms with E-state index in [1.807, 2.05) is 13.8 Å². The van der Waals surface area contributed by atoms with Gasteiger partial charge in [0.05, 0.1) is 12.3 Å². The van der Waals surface area contributed by atoms with E-state index in [9.17, 15) is 14.6 Å². The summed E-state index contributed by atoms with van der Waals surface area (Å²) in [5.74, 6) is -0.0370. The molecule has 0 saturated heterocycles. The molecule has 1 aromatic heterocycles. The highest BCUT2D eigenvalue weighted by molar-refractivity contribution is 5.96. The van der Waals surface area contributed by atoms with E-state index in [2.05, 4.69) is 4.99 Å². The van der Waals surface area contributed by atoms with Crippen molar-refractivity contribution in [3.05, 3.63) is 36.1 Å². The van der Waals surface area contributed by atoms with E-state index < -0.39 is 11.4 Å². The number of rotatable bonds is 2. The van der Waals surface area contributed by atoms with Gasteiger partial charge < -0.3 is 14.9 Å². The van der Waals surface area contributed by atoms with Crippen LogP contribution in [0.5, 0.6) is 17.5 Å². The highest BCUT2D eigenvalue weighted by Crippen LogP contribution is 2.37. The number of hydrogen-bond acceptors (Lipinski definition) is 4. The van der Waals surface area contributed by atoms with Gasteiger partial charge >= 0.3 is 0 Å². The van der Waals surface area contributed by atoms with Crippen LogP contribution in [-0.2, 0) is 6.54 Å². The number of nitrogens with zero attached hydrogens (tertiary/aromatic N) is 2. The van der Waals surface area contributed by atoms with Gasteiger partial charge in [-0.25, -0.2) is 9.38 Å². The topological polar surface area (TPSA) is 67.0 Å². The molecule has 6 heteroatoms. The molecule has 1 aromatic carbocycles. The fourth-order valence-electron chi connectivity index (χ4n) is 2.26. The van der Waals surface area contributed by atoms with E-state index in [0.29, 0.717) is 17.1 Å². The highest BCUT2D eigenvalue weighted by Gasteiger charge is 2.33. The lowest BCUT2D eigenvalue weighted by atomic mass is 10.00. The second-order valence-electron chi connectivity index (χ2n) is 5.42. The number of aromatic hydroxyl groups is 2. The zero-order chi connectivity index (χ0) is 15.2. The quantitative estimate of drug-likeness (QED) is 0.893. The lowest BCUT2D eigenvalue weighted by Gasteiger charge is -2.33. The first kappa shape index (κ1) is 13.5. The Morgan fingerprint density at radius 1 is 1.19 bits per heavy atom.